The molecule has 0 spiro atoms. The molecule has 25 heavy (non-hydrogen) atoms. The average molecular weight is 355 g/mol. The first-order valence-electron chi connectivity index (χ1n) is 7.98. The fourth-order valence-electron chi connectivity index (χ4n) is 2.62. The lowest BCUT2D eigenvalue weighted by Gasteiger charge is -2.09. The Morgan fingerprint density at radius 1 is 1.20 bits per heavy atom. The van der Waals surface area contributed by atoms with Gasteiger partial charge < -0.3 is 4.42 Å². The van der Waals surface area contributed by atoms with E-state index in [9.17, 15) is 0 Å². The van der Waals surface area contributed by atoms with Crippen molar-refractivity contribution in [2.45, 2.75) is 38.6 Å². The third-order valence-electron chi connectivity index (χ3n) is 3.77. The molecule has 0 bridgehead atoms. The zero-order valence-electron chi connectivity index (χ0n) is 14.8. The summed E-state index contributed by atoms with van der Waals surface area (Å²) in [6.45, 7) is 8.30. The molecule has 0 radical (unpaired) electrons. The number of aryl methyl sites for hydroxylation is 4. The van der Waals surface area contributed by atoms with Gasteiger partial charge >= 0.3 is 0 Å². The highest BCUT2D eigenvalue weighted by molar-refractivity contribution is 7.98. The van der Waals surface area contributed by atoms with Crippen LogP contribution in [0.1, 0.15) is 33.8 Å². The number of benzene rings is 1. The molecule has 0 saturated carbocycles. The van der Waals surface area contributed by atoms with Gasteiger partial charge in [-0.2, -0.15) is 10.1 Å². The molecule has 3 aromatic rings. The van der Waals surface area contributed by atoms with Gasteiger partial charge in [0.1, 0.15) is 11.5 Å². The maximum absolute atomic E-state index is 5.41. The van der Waals surface area contributed by atoms with Crippen LogP contribution >= 0.6 is 11.8 Å². The topological polar surface area (TPSA) is 79.1 Å². The van der Waals surface area contributed by atoms with Gasteiger partial charge in [0.25, 0.3) is 0 Å². The van der Waals surface area contributed by atoms with Crippen LogP contribution in [0.15, 0.2) is 38.9 Å². The number of nitrogens with zero attached hydrogens (tertiary/aromatic N) is 3. The lowest BCUT2D eigenvalue weighted by molar-refractivity contribution is 0.528. The first-order valence-corrected chi connectivity index (χ1v) is 8.97. The van der Waals surface area contributed by atoms with E-state index in [2.05, 4.69) is 58.6 Å². The van der Waals surface area contributed by atoms with Crippen LogP contribution in [0, 0.1) is 27.7 Å². The molecule has 6 nitrogen and oxygen atoms in total. The summed E-state index contributed by atoms with van der Waals surface area (Å²) in [6.07, 6.45) is 1.60. The Morgan fingerprint density at radius 3 is 2.64 bits per heavy atom. The quantitative estimate of drug-likeness (QED) is 0.390. The summed E-state index contributed by atoms with van der Waals surface area (Å²) >= 11 is 1.60. The molecule has 3 rings (SSSR count). The lowest BCUT2D eigenvalue weighted by atomic mass is 10.0. The second-order valence-electron chi connectivity index (χ2n) is 5.95. The smallest absolute Gasteiger partial charge is 0.240 e. The van der Waals surface area contributed by atoms with Crippen LogP contribution in [0.5, 0.6) is 0 Å². The number of aromatic nitrogens is 3. The molecule has 0 amide bonds. The molecule has 0 aliphatic carbocycles. The van der Waals surface area contributed by atoms with Crippen molar-refractivity contribution in [1.29, 1.82) is 0 Å². The summed E-state index contributed by atoms with van der Waals surface area (Å²) in [5.74, 6) is 2.87. The number of furan rings is 1. The highest BCUT2D eigenvalue weighted by atomic mass is 32.2. The molecule has 0 atom stereocenters. The summed E-state index contributed by atoms with van der Waals surface area (Å²) in [5, 5.41) is 11.8. The lowest BCUT2D eigenvalue weighted by Crippen LogP contribution is -1.93. The Balaban J connectivity index is 1.58. The molecule has 0 aliphatic heterocycles. The highest BCUT2D eigenvalue weighted by Crippen LogP contribution is 2.25. The minimum Gasteiger partial charge on any atom is -0.460 e. The molecular weight excluding hydrogens is 334 g/mol. The van der Waals surface area contributed by atoms with Crippen LogP contribution in [0.2, 0.25) is 0 Å². The maximum Gasteiger partial charge on any atom is 0.240 e. The third-order valence-corrected chi connectivity index (χ3v) is 4.65. The van der Waals surface area contributed by atoms with E-state index in [-0.39, 0.29) is 0 Å². The van der Waals surface area contributed by atoms with Crippen LogP contribution in [0.3, 0.4) is 0 Å². The largest absolute Gasteiger partial charge is 0.460 e. The number of hydrogen-bond acceptors (Lipinski definition) is 6. The monoisotopic (exact) mass is 355 g/mol. The van der Waals surface area contributed by atoms with Gasteiger partial charge in [-0.15, -0.1) is 5.10 Å². The average Bonchev–Trinajstić information content (AvgIpc) is 3.15. The van der Waals surface area contributed by atoms with Crippen molar-refractivity contribution in [3.8, 4) is 0 Å². The molecule has 130 valence electrons. The molecule has 2 heterocycles. The SMILES string of the molecule is Cc1cc(C)c(CSc2n[nH]c(N/N=C\c3ccc(C)o3)n2)c(C)c1. The van der Waals surface area contributed by atoms with Crippen LogP contribution in [-0.2, 0) is 5.75 Å². The zero-order valence-corrected chi connectivity index (χ0v) is 15.6. The molecular formula is C18H21N5OS. The molecule has 7 heteroatoms. The highest BCUT2D eigenvalue weighted by Gasteiger charge is 2.08. The van der Waals surface area contributed by atoms with Crippen molar-refractivity contribution in [3.63, 3.8) is 0 Å². The van der Waals surface area contributed by atoms with Gasteiger partial charge in [0.2, 0.25) is 11.1 Å². The van der Waals surface area contributed by atoms with Crippen LogP contribution in [-0.4, -0.2) is 21.4 Å². The second-order valence-corrected chi connectivity index (χ2v) is 6.89. The van der Waals surface area contributed by atoms with Crippen LogP contribution < -0.4 is 5.43 Å². The molecule has 0 unspecified atom stereocenters. The van der Waals surface area contributed by atoms with Gasteiger partial charge in [-0.1, -0.05) is 29.5 Å². The van der Waals surface area contributed by atoms with E-state index in [1.807, 2.05) is 19.1 Å². The van der Waals surface area contributed by atoms with E-state index in [1.54, 1.807) is 18.0 Å². The Hall–Kier alpha value is -2.54. The van der Waals surface area contributed by atoms with E-state index in [0.29, 0.717) is 16.9 Å². The summed E-state index contributed by atoms with van der Waals surface area (Å²) < 4.78 is 5.41. The molecule has 0 aliphatic rings. The normalized spacial score (nSPS) is 11.4. The molecule has 0 fully saturated rings. The van der Waals surface area contributed by atoms with E-state index >= 15 is 0 Å². The molecule has 2 N–H and O–H groups in total. The number of H-pyrrole nitrogens is 1. The Kier molecular flexibility index (Phi) is 5.23. The zero-order chi connectivity index (χ0) is 17.8. The minimum atomic E-state index is 0.499. The molecule has 1 aromatic carbocycles. The van der Waals surface area contributed by atoms with Crippen molar-refractivity contribution in [3.05, 3.63) is 58.0 Å². The molecule has 0 saturated heterocycles. The fourth-order valence-corrected chi connectivity index (χ4v) is 3.61. The van der Waals surface area contributed by atoms with Gasteiger partial charge in [-0.05, 0) is 56.5 Å². The van der Waals surface area contributed by atoms with Crippen molar-refractivity contribution in [2.75, 3.05) is 5.43 Å². The van der Waals surface area contributed by atoms with Crippen molar-refractivity contribution in [2.24, 2.45) is 5.10 Å². The second kappa shape index (κ2) is 7.57. The van der Waals surface area contributed by atoms with Gasteiger partial charge in [-0.3, -0.25) is 0 Å². The number of hydrazone groups is 1. The number of aromatic amines is 1. The number of rotatable bonds is 6. The van der Waals surface area contributed by atoms with E-state index in [0.717, 1.165) is 11.5 Å². The first-order chi connectivity index (χ1) is 12.0. The number of thioether (sulfide) groups is 1. The van der Waals surface area contributed by atoms with E-state index in [4.69, 9.17) is 4.42 Å². The van der Waals surface area contributed by atoms with E-state index < -0.39 is 0 Å². The number of hydrogen-bond donors (Lipinski definition) is 2. The first kappa shape index (κ1) is 17.3. The summed E-state index contributed by atoms with van der Waals surface area (Å²) in [7, 11) is 0. The standard InChI is InChI=1S/C18H21N5OS/c1-11-7-12(2)16(13(3)8-11)10-25-18-20-17(22-23-18)21-19-9-15-6-5-14(4)24-15/h5-9H,10H2,1-4H3,(H2,20,21,22,23)/b19-9-. The van der Waals surface area contributed by atoms with Gasteiger partial charge in [0, 0.05) is 5.75 Å². The summed E-state index contributed by atoms with van der Waals surface area (Å²) in [4.78, 5) is 4.38. The Bertz CT molecular complexity index is 874. The number of nitrogens with one attached hydrogen (secondary N) is 2. The van der Waals surface area contributed by atoms with Gasteiger partial charge in [0.15, 0.2) is 0 Å². The third kappa shape index (κ3) is 4.51. The van der Waals surface area contributed by atoms with Gasteiger partial charge in [0.05, 0.1) is 6.21 Å². The van der Waals surface area contributed by atoms with Crippen molar-refractivity contribution < 1.29 is 4.42 Å². The Morgan fingerprint density at radius 2 is 1.96 bits per heavy atom. The van der Waals surface area contributed by atoms with Gasteiger partial charge in [-0.25, -0.2) is 10.5 Å². The predicted octanol–water partition coefficient (Wildman–Crippen LogP) is 4.37. The van der Waals surface area contributed by atoms with Crippen molar-refractivity contribution in [1.82, 2.24) is 15.2 Å². The maximum atomic E-state index is 5.41. The minimum absolute atomic E-state index is 0.499. The summed E-state index contributed by atoms with van der Waals surface area (Å²) in [5.41, 5.74) is 8.05. The van der Waals surface area contributed by atoms with Crippen LogP contribution in [0.4, 0.5) is 5.95 Å². The Labute approximate surface area is 151 Å². The van der Waals surface area contributed by atoms with E-state index in [1.165, 1.54) is 22.3 Å². The number of anilines is 1. The van der Waals surface area contributed by atoms with Crippen LogP contribution in [0.25, 0.3) is 0 Å². The summed E-state index contributed by atoms with van der Waals surface area (Å²) in [6, 6.07) is 8.16. The van der Waals surface area contributed by atoms with Crippen molar-refractivity contribution >= 4 is 23.9 Å². The fraction of sp³-hybridized carbons (Fsp3) is 0.278. The predicted molar refractivity (Wildman–Crippen MR) is 101 cm³/mol. The molecule has 2 aromatic heterocycles.